The Balaban J connectivity index is 2.12. The first kappa shape index (κ1) is 20.4. The predicted octanol–water partition coefficient (Wildman–Crippen LogP) is 2.98. The highest BCUT2D eigenvalue weighted by Gasteiger charge is 2.25. The highest BCUT2D eigenvalue weighted by molar-refractivity contribution is 5.87. The number of amides is 2. The van der Waals surface area contributed by atoms with Crippen LogP contribution in [0, 0.1) is 19.7 Å². The van der Waals surface area contributed by atoms with E-state index in [1.165, 1.54) is 24.1 Å². The van der Waals surface area contributed by atoms with Gasteiger partial charge in [-0.25, -0.2) is 4.39 Å². The van der Waals surface area contributed by atoms with Gasteiger partial charge >= 0.3 is 0 Å². The van der Waals surface area contributed by atoms with Gasteiger partial charge in [-0.15, -0.1) is 0 Å². The van der Waals surface area contributed by atoms with Crippen molar-refractivity contribution < 1.29 is 18.7 Å². The molecule has 0 saturated carbocycles. The third-order valence-corrected chi connectivity index (χ3v) is 4.52. The molecule has 6 heteroatoms. The maximum atomic E-state index is 13.1. The van der Waals surface area contributed by atoms with Gasteiger partial charge < -0.3 is 15.0 Å². The lowest BCUT2D eigenvalue weighted by molar-refractivity contribution is -0.142. The zero-order valence-electron chi connectivity index (χ0n) is 16.1. The van der Waals surface area contributed by atoms with Crippen LogP contribution in [-0.4, -0.2) is 36.4 Å². The molecule has 0 spiro atoms. The van der Waals surface area contributed by atoms with Crippen LogP contribution in [0.1, 0.15) is 23.6 Å². The maximum Gasteiger partial charge on any atom is 0.261 e. The highest BCUT2D eigenvalue weighted by atomic mass is 19.1. The van der Waals surface area contributed by atoms with Gasteiger partial charge in [-0.2, -0.15) is 0 Å². The van der Waals surface area contributed by atoms with Crippen molar-refractivity contribution >= 4 is 11.8 Å². The van der Waals surface area contributed by atoms with Gasteiger partial charge in [0.05, 0.1) is 0 Å². The molecule has 27 heavy (non-hydrogen) atoms. The van der Waals surface area contributed by atoms with Gasteiger partial charge in [-0.05, 0) is 61.7 Å². The normalized spacial score (nSPS) is 11.6. The van der Waals surface area contributed by atoms with Gasteiger partial charge in [-0.1, -0.05) is 18.2 Å². The second-order valence-corrected chi connectivity index (χ2v) is 6.47. The van der Waals surface area contributed by atoms with Crippen molar-refractivity contribution in [3.05, 3.63) is 65.0 Å². The number of rotatable bonds is 7. The van der Waals surface area contributed by atoms with E-state index in [-0.39, 0.29) is 30.8 Å². The molecule has 2 aromatic rings. The van der Waals surface area contributed by atoms with Crippen LogP contribution < -0.4 is 10.1 Å². The number of aryl methyl sites for hydroxylation is 2. The first-order valence-electron chi connectivity index (χ1n) is 8.77. The number of nitrogens with one attached hydrogen (secondary N) is 1. The Hall–Kier alpha value is -2.89. The number of carbonyl (C=O) groups is 2. The molecule has 0 radical (unpaired) electrons. The van der Waals surface area contributed by atoms with Crippen LogP contribution in [0.5, 0.6) is 5.75 Å². The van der Waals surface area contributed by atoms with E-state index in [0.29, 0.717) is 5.75 Å². The summed E-state index contributed by atoms with van der Waals surface area (Å²) in [6.07, 6.45) is 0. The summed E-state index contributed by atoms with van der Waals surface area (Å²) < 4.78 is 18.8. The second-order valence-electron chi connectivity index (χ2n) is 6.47. The van der Waals surface area contributed by atoms with E-state index in [1.54, 1.807) is 19.1 Å². The SMILES string of the molecule is CNC(=O)C(C)N(Cc1ccc(F)cc1)C(=O)COc1ccc(C)c(C)c1. The number of halogens is 1. The van der Waals surface area contributed by atoms with Crippen molar-refractivity contribution in [3.63, 3.8) is 0 Å². The average Bonchev–Trinajstić information content (AvgIpc) is 2.67. The maximum absolute atomic E-state index is 13.1. The van der Waals surface area contributed by atoms with Crippen LogP contribution in [0.3, 0.4) is 0 Å². The van der Waals surface area contributed by atoms with E-state index in [9.17, 15) is 14.0 Å². The van der Waals surface area contributed by atoms with Crippen LogP contribution >= 0.6 is 0 Å². The molecular formula is C21H25FN2O3. The quantitative estimate of drug-likeness (QED) is 0.813. The predicted molar refractivity (Wildman–Crippen MR) is 102 cm³/mol. The largest absolute Gasteiger partial charge is 0.484 e. The molecule has 0 aliphatic rings. The fourth-order valence-electron chi connectivity index (χ4n) is 2.61. The van der Waals surface area contributed by atoms with Crippen molar-refractivity contribution in [1.82, 2.24) is 10.2 Å². The van der Waals surface area contributed by atoms with Crippen molar-refractivity contribution in [2.75, 3.05) is 13.7 Å². The van der Waals surface area contributed by atoms with E-state index in [4.69, 9.17) is 4.74 Å². The Morgan fingerprint density at radius 1 is 1.11 bits per heavy atom. The van der Waals surface area contributed by atoms with Crippen LogP contribution in [0.2, 0.25) is 0 Å². The van der Waals surface area contributed by atoms with Crippen LogP contribution in [0.4, 0.5) is 4.39 Å². The molecule has 2 amide bonds. The van der Waals surface area contributed by atoms with Gasteiger partial charge in [0.15, 0.2) is 6.61 Å². The topological polar surface area (TPSA) is 58.6 Å². The lowest BCUT2D eigenvalue weighted by atomic mass is 10.1. The Morgan fingerprint density at radius 2 is 1.78 bits per heavy atom. The number of nitrogens with zero attached hydrogens (tertiary/aromatic N) is 1. The lowest BCUT2D eigenvalue weighted by Crippen LogP contribution is -2.48. The van der Waals surface area contributed by atoms with Gasteiger partial charge in [0.1, 0.15) is 17.6 Å². The average molecular weight is 372 g/mol. The number of carbonyl (C=O) groups excluding carboxylic acids is 2. The first-order valence-corrected chi connectivity index (χ1v) is 8.77. The molecule has 5 nitrogen and oxygen atoms in total. The summed E-state index contributed by atoms with van der Waals surface area (Å²) in [5, 5.41) is 2.55. The third kappa shape index (κ3) is 5.54. The molecule has 0 heterocycles. The summed E-state index contributed by atoms with van der Waals surface area (Å²) in [5.74, 6) is -0.361. The highest BCUT2D eigenvalue weighted by Crippen LogP contribution is 2.17. The fraction of sp³-hybridized carbons (Fsp3) is 0.333. The molecular weight excluding hydrogens is 347 g/mol. The van der Waals surface area contributed by atoms with Crippen molar-refractivity contribution in [2.24, 2.45) is 0 Å². The van der Waals surface area contributed by atoms with E-state index in [1.807, 2.05) is 32.0 Å². The number of likely N-dealkylation sites (N-methyl/N-ethyl adjacent to an activating group) is 1. The fourth-order valence-corrected chi connectivity index (χ4v) is 2.61. The molecule has 0 saturated heterocycles. The number of ether oxygens (including phenoxy) is 1. The Labute approximate surface area is 159 Å². The minimum atomic E-state index is -0.684. The van der Waals surface area contributed by atoms with Gasteiger partial charge in [0, 0.05) is 13.6 Å². The molecule has 1 unspecified atom stereocenters. The smallest absolute Gasteiger partial charge is 0.261 e. The standard InChI is InChI=1S/C21H25FN2O3/c1-14-5-10-19(11-15(14)2)27-13-20(25)24(16(3)21(26)23-4)12-17-6-8-18(22)9-7-17/h5-11,16H,12-13H2,1-4H3,(H,23,26). The van der Waals surface area contributed by atoms with Gasteiger partial charge in [-0.3, -0.25) is 9.59 Å². The summed E-state index contributed by atoms with van der Waals surface area (Å²) in [6.45, 7) is 5.61. The molecule has 2 rings (SSSR count). The van der Waals surface area contributed by atoms with Gasteiger partial charge in [0.2, 0.25) is 5.91 Å². The second kappa shape index (κ2) is 9.16. The van der Waals surface area contributed by atoms with E-state index >= 15 is 0 Å². The Kier molecular flexibility index (Phi) is 6.93. The van der Waals surface area contributed by atoms with Crippen LogP contribution in [0.25, 0.3) is 0 Å². The zero-order valence-corrected chi connectivity index (χ0v) is 16.1. The molecule has 2 aromatic carbocycles. The lowest BCUT2D eigenvalue weighted by Gasteiger charge is -2.28. The van der Waals surface area contributed by atoms with E-state index < -0.39 is 6.04 Å². The summed E-state index contributed by atoms with van der Waals surface area (Å²) in [5.41, 5.74) is 2.94. The number of benzene rings is 2. The monoisotopic (exact) mass is 372 g/mol. The van der Waals surface area contributed by atoms with E-state index in [0.717, 1.165) is 16.7 Å². The Morgan fingerprint density at radius 3 is 2.37 bits per heavy atom. The molecule has 0 bridgehead atoms. The first-order chi connectivity index (χ1) is 12.8. The minimum absolute atomic E-state index is 0.185. The molecule has 0 fully saturated rings. The zero-order chi connectivity index (χ0) is 20.0. The minimum Gasteiger partial charge on any atom is -0.484 e. The molecule has 0 aliphatic carbocycles. The summed E-state index contributed by atoms with van der Waals surface area (Å²) >= 11 is 0. The van der Waals surface area contributed by atoms with Crippen LogP contribution in [0.15, 0.2) is 42.5 Å². The molecule has 1 atom stereocenters. The van der Waals surface area contributed by atoms with E-state index in [2.05, 4.69) is 5.32 Å². The van der Waals surface area contributed by atoms with Crippen molar-refractivity contribution in [3.8, 4) is 5.75 Å². The van der Waals surface area contributed by atoms with Crippen molar-refractivity contribution in [1.29, 1.82) is 0 Å². The molecule has 0 aliphatic heterocycles. The summed E-state index contributed by atoms with van der Waals surface area (Å²) in [4.78, 5) is 26.2. The summed E-state index contributed by atoms with van der Waals surface area (Å²) in [7, 11) is 1.52. The molecule has 1 N–H and O–H groups in total. The number of hydrogen-bond donors (Lipinski definition) is 1. The number of hydrogen-bond acceptors (Lipinski definition) is 3. The van der Waals surface area contributed by atoms with Crippen LogP contribution in [-0.2, 0) is 16.1 Å². The Bertz CT molecular complexity index is 806. The third-order valence-electron chi connectivity index (χ3n) is 4.52. The molecule has 144 valence electrons. The molecule has 0 aromatic heterocycles. The summed E-state index contributed by atoms with van der Waals surface area (Å²) in [6, 6.07) is 10.8. The van der Waals surface area contributed by atoms with Gasteiger partial charge in [0.25, 0.3) is 5.91 Å². The van der Waals surface area contributed by atoms with Crippen molar-refractivity contribution in [2.45, 2.75) is 33.4 Å².